The van der Waals surface area contributed by atoms with Crippen molar-refractivity contribution in [3.8, 4) is 0 Å². The minimum absolute atomic E-state index is 0.149. The Kier molecular flexibility index (Phi) is 3.84. The molecule has 1 aliphatic heterocycles. The van der Waals surface area contributed by atoms with Crippen LogP contribution in [0.2, 0.25) is 0 Å². The van der Waals surface area contributed by atoms with Crippen molar-refractivity contribution in [2.24, 2.45) is 12.5 Å². The highest BCUT2D eigenvalue weighted by Gasteiger charge is 2.49. The third-order valence-electron chi connectivity index (χ3n) is 5.76. The van der Waals surface area contributed by atoms with E-state index in [-0.39, 0.29) is 5.91 Å². The average molecular weight is 354 g/mol. The number of carbonyl (C=O) groups excluding carboxylic acids is 2. The lowest BCUT2D eigenvalue weighted by atomic mass is 9.70. The summed E-state index contributed by atoms with van der Waals surface area (Å²) in [5, 5.41) is 13.2. The van der Waals surface area contributed by atoms with E-state index in [9.17, 15) is 9.59 Å². The summed E-state index contributed by atoms with van der Waals surface area (Å²) in [7, 11) is 1.86. The lowest BCUT2D eigenvalue weighted by Gasteiger charge is -2.33. The van der Waals surface area contributed by atoms with Gasteiger partial charge in [0.2, 0.25) is 5.91 Å². The topological polar surface area (TPSA) is 87.5 Å². The number of benzene rings is 1. The van der Waals surface area contributed by atoms with Gasteiger partial charge in [-0.1, -0.05) is 6.07 Å². The second kappa shape index (κ2) is 5.95. The summed E-state index contributed by atoms with van der Waals surface area (Å²) in [6.45, 7) is 2.61. The van der Waals surface area contributed by atoms with Gasteiger partial charge in [-0.25, -0.2) is 5.48 Å². The molecule has 0 bridgehead atoms. The molecule has 2 aliphatic rings. The number of nitrogens with one attached hydrogen (secondary N) is 1. The van der Waals surface area contributed by atoms with Gasteiger partial charge in [-0.05, 0) is 55.9 Å². The second-order valence-corrected chi connectivity index (χ2v) is 7.36. The predicted octanol–water partition coefficient (Wildman–Crippen LogP) is 1.76. The van der Waals surface area contributed by atoms with Crippen molar-refractivity contribution >= 4 is 17.5 Å². The molecule has 136 valence electrons. The third kappa shape index (κ3) is 2.50. The minimum Gasteiger partial charge on any atom is -0.309 e. The molecule has 4 rings (SSSR count). The molecule has 26 heavy (non-hydrogen) atoms. The van der Waals surface area contributed by atoms with Crippen molar-refractivity contribution < 1.29 is 14.8 Å². The first-order valence-corrected chi connectivity index (χ1v) is 8.82. The van der Waals surface area contributed by atoms with E-state index in [1.54, 1.807) is 22.3 Å². The standard InChI is InChI=1S/C19H22N4O3/c1-12-16(11-22(2)20-12)23-8-7-19(18(23)25)6-5-13-3-4-14(17(24)21-26)9-15(13)10-19/h3-4,9,11,26H,5-8,10H2,1-2H3,(H,21,24)/t19-/m0/s1. The van der Waals surface area contributed by atoms with Gasteiger partial charge < -0.3 is 4.90 Å². The first kappa shape index (κ1) is 16.8. The number of aromatic nitrogens is 2. The Morgan fingerprint density at radius 1 is 1.31 bits per heavy atom. The molecule has 0 radical (unpaired) electrons. The van der Waals surface area contributed by atoms with Crippen LogP contribution in [0.4, 0.5) is 5.69 Å². The molecule has 1 spiro atoms. The molecule has 1 aromatic carbocycles. The van der Waals surface area contributed by atoms with E-state index >= 15 is 0 Å². The molecule has 2 N–H and O–H groups in total. The third-order valence-corrected chi connectivity index (χ3v) is 5.76. The van der Waals surface area contributed by atoms with E-state index in [1.165, 1.54) is 5.56 Å². The zero-order valence-electron chi connectivity index (χ0n) is 15.0. The van der Waals surface area contributed by atoms with Gasteiger partial charge in [0.15, 0.2) is 0 Å². The summed E-state index contributed by atoms with van der Waals surface area (Å²) in [6, 6.07) is 5.44. The van der Waals surface area contributed by atoms with E-state index in [1.807, 2.05) is 31.1 Å². The molecular weight excluding hydrogens is 332 g/mol. The summed E-state index contributed by atoms with van der Waals surface area (Å²) in [4.78, 5) is 26.9. The maximum atomic E-state index is 13.3. The first-order chi connectivity index (χ1) is 12.4. The Morgan fingerprint density at radius 3 is 2.81 bits per heavy atom. The second-order valence-electron chi connectivity index (χ2n) is 7.36. The monoisotopic (exact) mass is 354 g/mol. The number of carbonyl (C=O) groups is 2. The summed E-state index contributed by atoms with van der Waals surface area (Å²) in [5.41, 5.74) is 5.61. The molecule has 2 heterocycles. The fourth-order valence-corrected chi connectivity index (χ4v) is 4.37. The van der Waals surface area contributed by atoms with Gasteiger partial charge in [0.25, 0.3) is 5.91 Å². The fraction of sp³-hybridized carbons (Fsp3) is 0.421. The molecule has 0 unspecified atom stereocenters. The van der Waals surface area contributed by atoms with Crippen LogP contribution in [0.5, 0.6) is 0 Å². The normalized spacial score (nSPS) is 22.0. The van der Waals surface area contributed by atoms with Gasteiger partial charge >= 0.3 is 0 Å². The van der Waals surface area contributed by atoms with Gasteiger partial charge in [-0.3, -0.25) is 19.5 Å². The van der Waals surface area contributed by atoms with Gasteiger partial charge in [0.1, 0.15) is 0 Å². The Morgan fingerprint density at radius 2 is 2.12 bits per heavy atom. The van der Waals surface area contributed by atoms with Crippen LogP contribution in [0.15, 0.2) is 24.4 Å². The molecule has 1 saturated heterocycles. The summed E-state index contributed by atoms with van der Waals surface area (Å²) in [5.74, 6) is -0.381. The number of aryl methyl sites for hydroxylation is 3. The summed E-state index contributed by atoms with van der Waals surface area (Å²) < 4.78 is 1.74. The first-order valence-electron chi connectivity index (χ1n) is 8.82. The lowest BCUT2D eigenvalue weighted by molar-refractivity contribution is -0.126. The van der Waals surface area contributed by atoms with Gasteiger partial charge in [-0.2, -0.15) is 5.10 Å². The smallest absolute Gasteiger partial charge is 0.274 e. The number of hydrogen-bond acceptors (Lipinski definition) is 4. The molecule has 1 fully saturated rings. The largest absolute Gasteiger partial charge is 0.309 e. The number of nitrogens with zero attached hydrogens (tertiary/aromatic N) is 3. The molecule has 2 amide bonds. The van der Waals surface area contributed by atoms with Crippen LogP contribution in [-0.2, 0) is 24.7 Å². The Balaban J connectivity index is 1.64. The number of hydrogen-bond donors (Lipinski definition) is 2. The van der Waals surface area contributed by atoms with E-state index in [4.69, 9.17) is 5.21 Å². The van der Waals surface area contributed by atoms with Crippen LogP contribution in [0.3, 0.4) is 0 Å². The SMILES string of the molecule is Cc1nn(C)cc1N1CC[C@]2(CCc3ccc(C(=O)NO)cc3C2)C1=O. The van der Waals surface area contributed by atoms with Crippen molar-refractivity contribution in [2.45, 2.75) is 32.6 Å². The molecule has 0 saturated carbocycles. The van der Waals surface area contributed by atoms with Crippen molar-refractivity contribution in [3.63, 3.8) is 0 Å². The zero-order chi connectivity index (χ0) is 18.5. The van der Waals surface area contributed by atoms with Gasteiger partial charge in [0, 0.05) is 25.4 Å². The predicted molar refractivity (Wildman–Crippen MR) is 95.1 cm³/mol. The highest BCUT2D eigenvalue weighted by molar-refractivity contribution is 6.00. The van der Waals surface area contributed by atoms with Gasteiger partial charge in [0.05, 0.1) is 16.8 Å². The lowest BCUT2D eigenvalue weighted by Crippen LogP contribution is -2.39. The van der Waals surface area contributed by atoms with E-state index in [0.29, 0.717) is 18.5 Å². The number of anilines is 1. The Bertz CT molecular complexity index is 904. The highest BCUT2D eigenvalue weighted by atomic mass is 16.5. The van der Waals surface area contributed by atoms with Crippen LogP contribution < -0.4 is 10.4 Å². The Labute approximate surface area is 151 Å². The molecule has 1 aromatic heterocycles. The maximum Gasteiger partial charge on any atom is 0.274 e. The van der Waals surface area contributed by atoms with Crippen molar-refractivity contribution in [1.29, 1.82) is 0 Å². The summed E-state index contributed by atoms with van der Waals surface area (Å²) in [6.07, 6.45) is 4.97. The van der Waals surface area contributed by atoms with Crippen LogP contribution in [-0.4, -0.2) is 33.3 Å². The van der Waals surface area contributed by atoms with Crippen molar-refractivity contribution in [1.82, 2.24) is 15.3 Å². The molecule has 1 atom stereocenters. The van der Waals surface area contributed by atoms with Crippen molar-refractivity contribution in [2.75, 3.05) is 11.4 Å². The van der Waals surface area contributed by atoms with E-state index in [0.717, 1.165) is 36.2 Å². The highest BCUT2D eigenvalue weighted by Crippen LogP contribution is 2.45. The number of fused-ring (bicyclic) bond motifs is 1. The molecule has 2 aromatic rings. The van der Waals surface area contributed by atoms with Crippen LogP contribution >= 0.6 is 0 Å². The molecular formula is C19H22N4O3. The number of hydroxylamine groups is 1. The van der Waals surface area contributed by atoms with Crippen LogP contribution in [0.25, 0.3) is 0 Å². The Hall–Kier alpha value is -2.67. The van der Waals surface area contributed by atoms with Crippen LogP contribution in [0, 0.1) is 12.3 Å². The molecule has 1 aliphatic carbocycles. The van der Waals surface area contributed by atoms with E-state index in [2.05, 4.69) is 5.10 Å². The van der Waals surface area contributed by atoms with Crippen LogP contribution in [0.1, 0.15) is 40.0 Å². The average Bonchev–Trinajstić information content (AvgIpc) is 3.13. The molecule has 7 nitrogen and oxygen atoms in total. The number of amides is 2. The summed E-state index contributed by atoms with van der Waals surface area (Å²) >= 11 is 0. The van der Waals surface area contributed by atoms with Gasteiger partial charge in [-0.15, -0.1) is 0 Å². The quantitative estimate of drug-likeness (QED) is 0.635. The minimum atomic E-state index is -0.530. The maximum absolute atomic E-state index is 13.3. The molecule has 7 heteroatoms. The van der Waals surface area contributed by atoms with Crippen molar-refractivity contribution in [3.05, 3.63) is 46.8 Å². The number of rotatable bonds is 2. The fourth-order valence-electron chi connectivity index (χ4n) is 4.37. The van der Waals surface area contributed by atoms with E-state index < -0.39 is 11.3 Å². The zero-order valence-corrected chi connectivity index (χ0v) is 15.0.